The number of anilines is 1. The van der Waals surface area contributed by atoms with Gasteiger partial charge in [0.2, 0.25) is 5.89 Å². The van der Waals surface area contributed by atoms with Crippen LogP contribution >= 0.6 is 0 Å². The number of amides is 2. The third kappa shape index (κ3) is 4.58. The van der Waals surface area contributed by atoms with Crippen LogP contribution in [0, 0.1) is 11.6 Å². The molecule has 0 spiro atoms. The zero-order valence-electron chi connectivity index (χ0n) is 13.1. The SMILES string of the molecule is CC(C)c1noc(CCNC(=O)C(=O)Nc2ccc(F)c(F)c2)n1. The average molecular weight is 338 g/mol. The Bertz CT molecular complexity index is 746. The molecule has 128 valence electrons. The first-order valence-electron chi connectivity index (χ1n) is 7.23. The van der Waals surface area contributed by atoms with E-state index >= 15 is 0 Å². The quantitative estimate of drug-likeness (QED) is 0.810. The lowest BCUT2D eigenvalue weighted by Crippen LogP contribution is -2.36. The van der Waals surface area contributed by atoms with Crippen molar-refractivity contribution in [2.75, 3.05) is 11.9 Å². The van der Waals surface area contributed by atoms with Crippen LogP contribution in [0.5, 0.6) is 0 Å². The van der Waals surface area contributed by atoms with E-state index in [-0.39, 0.29) is 24.6 Å². The molecule has 0 saturated carbocycles. The Kier molecular flexibility index (Phi) is 5.56. The van der Waals surface area contributed by atoms with E-state index in [1.807, 2.05) is 13.8 Å². The first-order chi connectivity index (χ1) is 11.4. The minimum absolute atomic E-state index is 0.0208. The topological polar surface area (TPSA) is 97.1 Å². The summed E-state index contributed by atoms with van der Waals surface area (Å²) in [7, 11) is 0. The normalized spacial score (nSPS) is 10.7. The lowest BCUT2D eigenvalue weighted by atomic mass is 10.2. The van der Waals surface area contributed by atoms with Gasteiger partial charge in [-0.25, -0.2) is 8.78 Å². The third-order valence-corrected chi connectivity index (χ3v) is 3.01. The highest BCUT2D eigenvalue weighted by molar-refractivity contribution is 6.39. The molecule has 24 heavy (non-hydrogen) atoms. The largest absolute Gasteiger partial charge is 0.347 e. The summed E-state index contributed by atoms with van der Waals surface area (Å²) in [6, 6.07) is 2.78. The van der Waals surface area contributed by atoms with Gasteiger partial charge < -0.3 is 15.2 Å². The fourth-order valence-corrected chi connectivity index (χ4v) is 1.73. The molecule has 7 nitrogen and oxygen atoms in total. The molecule has 0 aliphatic heterocycles. The Balaban J connectivity index is 1.80. The Morgan fingerprint density at radius 2 is 1.96 bits per heavy atom. The number of aromatic nitrogens is 2. The van der Waals surface area contributed by atoms with Crippen molar-refractivity contribution in [3.63, 3.8) is 0 Å². The molecule has 0 saturated heterocycles. The summed E-state index contributed by atoms with van der Waals surface area (Å²) in [6.45, 7) is 3.95. The number of carbonyl (C=O) groups excluding carboxylic acids is 2. The monoisotopic (exact) mass is 338 g/mol. The number of hydrogen-bond donors (Lipinski definition) is 2. The van der Waals surface area contributed by atoms with Crippen molar-refractivity contribution in [2.24, 2.45) is 0 Å². The number of halogens is 2. The summed E-state index contributed by atoms with van der Waals surface area (Å²) < 4.78 is 30.8. The first-order valence-corrected chi connectivity index (χ1v) is 7.23. The number of nitrogens with one attached hydrogen (secondary N) is 2. The van der Waals surface area contributed by atoms with Crippen molar-refractivity contribution < 1.29 is 22.9 Å². The van der Waals surface area contributed by atoms with Crippen molar-refractivity contribution in [3.8, 4) is 0 Å². The molecule has 0 atom stereocenters. The number of rotatable bonds is 5. The lowest BCUT2D eigenvalue weighted by molar-refractivity contribution is -0.136. The molecule has 2 N–H and O–H groups in total. The summed E-state index contributed by atoms with van der Waals surface area (Å²) in [5.41, 5.74) is -0.0208. The van der Waals surface area contributed by atoms with Crippen LogP contribution in [0.1, 0.15) is 31.5 Å². The van der Waals surface area contributed by atoms with Gasteiger partial charge in [0.1, 0.15) is 0 Å². The summed E-state index contributed by atoms with van der Waals surface area (Å²) in [4.78, 5) is 27.4. The van der Waals surface area contributed by atoms with Crippen LogP contribution < -0.4 is 10.6 Å². The summed E-state index contributed by atoms with van der Waals surface area (Å²) in [5.74, 6) is -3.03. The van der Waals surface area contributed by atoms with Crippen LogP contribution in [0.25, 0.3) is 0 Å². The lowest BCUT2D eigenvalue weighted by Gasteiger charge is -2.06. The number of hydrogen-bond acceptors (Lipinski definition) is 5. The van der Waals surface area contributed by atoms with Crippen LogP contribution in [0.3, 0.4) is 0 Å². The first kappa shape index (κ1) is 17.5. The minimum atomic E-state index is -1.12. The van der Waals surface area contributed by atoms with Crippen LogP contribution in [0.4, 0.5) is 14.5 Å². The molecule has 2 amide bonds. The van der Waals surface area contributed by atoms with Gasteiger partial charge in [0, 0.05) is 30.6 Å². The maximum absolute atomic E-state index is 13.0. The fourth-order valence-electron chi connectivity index (χ4n) is 1.73. The van der Waals surface area contributed by atoms with Gasteiger partial charge >= 0.3 is 11.8 Å². The van der Waals surface area contributed by atoms with Crippen LogP contribution in [-0.2, 0) is 16.0 Å². The maximum Gasteiger partial charge on any atom is 0.313 e. The van der Waals surface area contributed by atoms with E-state index < -0.39 is 23.4 Å². The van der Waals surface area contributed by atoms with Gasteiger partial charge in [-0.15, -0.1) is 0 Å². The molecule has 0 radical (unpaired) electrons. The molecule has 1 aromatic carbocycles. The Morgan fingerprint density at radius 1 is 1.21 bits per heavy atom. The molecule has 1 heterocycles. The van der Waals surface area contributed by atoms with Crippen LogP contribution in [-0.4, -0.2) is 28.5 Å². The van der Waals surface area contributed by atoms with Crippen molar-refractivity contribution in [3.05, 3.63) is 41.5 Å². The zero-order valence-corrected chi connectivity index (χ0v) is 13.1. The maximum atomic E-state index is 13.0. The third-order valence-electron chi connectivity index (χ3n) is 3.01. The van der Waals surface area contributed by atoms with Crippen LogP contribution in [0.15, 0.2) is 22.7 Å². The highest BCUT2D eigenvalue weighted by Gasteiger charge is 2.15. The highest BCUT2D eigenvalue weighted by Crippen LogP contribution is 2.13. The van der Waals surface area contributed by atoms with E-state index in [0.29, 0.717) is 11.7 Å². The molecule has 0 aliphatic rings. The van der Waals surface area contributed by atoms with Crippen molar-refractivity contribution in [2.45, 2.75) is 26.2 Å². The van der Waals surface area contributed by atoms with Crippen molar-refractivity contribution in [1.82, 2.24) is 15.5 Å². The number of nitrogens with zero attached hydrogens (tertiary/aromatic N) is 2. The van der Waals surface area contributed by atoms with Gasteiger partial charge in [-0.1, -0.05) is 19.0 Å². The highest BCUT2D eigenvalue weighted by atomic mass is 19.2. The molecule has 1 aromatic heterocycles. The van der Waals surface area contributed by atoms with Crippen LogP contribution in [0.2, 0.25) is 0 Å². The Labute approximate surface area is 136 Å². The van der Waals surface area contributed by atoms with Gasteiger partial charge in [-0.2, -0.15) is 4.98 Å². The van der Waals surface area contributed by atoms with Gasteiger partial charge in [0.15, 0.2) is 17.5 Å². The summed E-state index contributed by atoms with van der Waals surface area (Å²) >= 11 is 0. The van der Waals surface area contributed by atoms with Crippen molar-refractivity contribution >= 4 is 17.5 Å². The number of carbonyl (C=O) groups is 2. The number of benzene rings is 1. The summed E-state index contributed by atoms with van der Waals surface area (Å²) in [5, 5.41) is 8.31. The molecule has 0 unspecified atom stereocenters. The molecular formula is C15H16F2N4O3. The van der Waals surface area contributed by atoms with E-state index in [2.05, 4.69) is 20.8 Å². The molecule has 0 fully saturated rings. The van der Waals surface area contributed by atoms with E-state index in [1.165, 1.54) is 0 Å². The molecule has 2 rings (SSSR count). The van der Waals surface area contributed by atoms with Gasteiger partial charge in [-0.3, -0.25) is 9.59 Å². The van der Waals surface area contributed by atoms with E-state index in [1.54, 1.807) is 0 Å². The Hall–Kier alpha value is -2.84. The smallest absolute Gasteiger partial charge is 0.313 e. The molecule has 9 heteroatoms. The van der Waals surface area contributed by atoms with Crippen molar-refractivity contribution in [1.29, 1.82) is 0 Å². The molecule has 0 aliphatic carbocycles. The minimum Gasteiger partial charge on any atom is -0.347 e. The predicted molar refractivity (Wildman–Crippen MR) is 80.1 cm³/mol. The Morgan fingerprint density at radius 3 is 2.58 bits per heavy atom. The second-order valence-electron chi connectivity index (χ2n) is 5.29. The zero-order chi connectivity index (χ0) is 17.7. The molecule has 2 aromatic rings. The predicted octanol–water partition coefficient (Wildman–Crippen LogP) is 1.77. The second kappa shape index (κ2) is 7.62. The van der Waals surface area contributed by atoms with Gasteiger partial charge in [-0.05, 0) is 12.1 Å². The summed E-state index contributed by atoms with van der Waals surface area (Å²) in [6.07, 6.45) is 0.268. The standard InChI is InChI=1S/C15H16F2N4O3/c1-8(2)13-20-12(24-21-13)5-6-18-14(22)15(23)19-9-3-4-10(16)11(17)7-9/h3-4,7-8H,5-6H2,1-2H3,(H,18,22)(H,19,23). The van der Waals surface area contributed by atoms with Gasteiger partial charge in [0.05, 0.1) is 0 Å². The average Bonchev–Trinajstić information content (AvgIpc) is 3.00. The van der Waals surface area contributed by atoms with E-state index in [9.17, 15) is 18.4 Å². The van der Waals surface area contributed by atoms with Gasteiger partial charge in [0.25, 0.3) is 0 Å². The van der Waals surface area contributed by atoms with E-state index in [0.717, 1.165) is 18.2 Å². The fraction of sp³-hybridized carbons (Fsp3) is 0.333. The van der Waals surface area contributed by atoms with E-state index in [4.69, 9.17) is 4.52 Å². The second-order valence-corrected chi connectivity index (χ2v) is 5.29. The molecular weight excluding hydrogens is 322 g/mol. The molecule has 0 bridgehead atoms.